The quantitative estimate of drug-likeness (QED) is 0.294. The first-order valence-electron chi connectivity index (χ1n) is 7.37. The van der Waals surface area contributed by atoms with E-state index in [-0.39, 0.29) is 5.97 Å². The number of methoxy groups -OCH3 is 1. The molecule has 0 saturated carbocycles. The molecule has 0 spiro atoms. The lowest BCUT2D eigenvalue weighted by molar-refractivity contribution is -0.140. The summed E-state index contributed by atoms with van der Waals surface area (Å²) in [6, 6.07) is 0. The maximum Gasteiger partial charge on any atom is 0.305 e. The largest absolute Gasteiger partial charge is 0.469 e. The molecule has 0 bridgehead atoms. The highest BCUT2D eigenvalue weighted by Crippen LogP contribution is 2.11. The van der Waals surface area contributed by atoms with Gasteiger partial charge in [0, 0.05) is 6.42 Å². The van der Waals surface area contributed by atoms with Gasteiger partial charge in [0.2, 0.25) is 0 Å². The van der Waals surface area contributed by atoms with E-state index in [0.717, 1.165) is 12.8 Å². The molecule has 0 N–H and O–H groups in total. The molecule has 0 aliphatic carbocycles. The number of hydrogen-bond acceptors (Lipinski definition) is 2. The highest BCUT2D eigenvalue weighted by molar-refractivity contribution is 5.68. The van der Waals surface area contributed by atoms with Crippen LogP contribution in [-0.4, -0.2) is 13.1 Å². The molecule has 0 fully saturated rings. The van der Waals surface area contributed by atoms with Crippen LogP contribution in [0.1, 0.15) is 78.1 Å². The standard InChI is InChI=1S/C16H30O2/c1-15(2)13-11-9-7-5-4-6-8-10-12-14-16(17)18-3/h13H,4-12,14H2,1-3H3. The minimum atomic E-state index is -0.0747. The van der Waals surface area contributed by atoms with Crippen LogP contribution in [0.5, 0.6) is 0 Å². The fourth-order valence-electron chi connectivity index (χ4n) is 1.97. The number of unbranched alkanes of at least 4 members (excludes halogenated alkanes) is 8. The van der Waals surface area contributed by atoms with Gasteiger partial charge >= 0.3 is 5.97 Å². The predicted octanol–water partition coefficient (Wildman–Crippen LogP) is 5.03. The molecule has 2 nitrogen and oxygen atoms in total. The Labute approximate surface area is 113 Å². The number of ether oxygens (including phenoxy) is 1. The average molecular weight is 254 g/mol. The summed E-state index contributed by atoms with van der Waals surface area (Å²) in [5, 5.41) is 0. The number of carbonyl (C=O) groups is 1. The molecule has 0 amide bonds. The number of esters is 1. The van der Waals surface area contributed by atoms with Gasteiger partial charge in [-0.3, -0.25) is 4.79 Å². The lowest BCUT2D eigenvalue weighted by Gasteiger charge is -2.01. The van der Waals surface area contributed by atoms with Crippen molar-refractivity contribution in [3.8, 4) is 0 Å². The smallest absolute Gasteiger partial charge is 0.305 e. The first-order chi connectivity index (χ1) is 8.66. The Hall–Kier alpha value is -0.790. The molecule has 0 aromatic carbocycles. The first kappa shape index (κ1) is 17.2. The zero-order chi connectivity index (χ0) is 13.6. The molecule has 0 heterocycles. The van der Waals surface area contributed by atoms with Crippen molar-refractivity contribution in [2.45, 2.75) is 78.1 Å². The summed E-state index contributed by atoms with van der Waals surface area (Å²) >= 11 is 0. The fourth-order valence-corrected chi connectivity index (χ4v) is 1.97. The van der Waals surface area contributed by atoms with Crippen LogP contribution in [0.2, 0.25) is 0 Å². The third-order valence-electron chi connectivity index (χ3n) is 3.12. The van der Waals surface area contributed by atoms with Gasteiger partial charge < -0.3 is 4.74 Å². The molecule has 0 aliphatic heterocycles. The van der Waals surface area contributed by atoms with Gasteiger partial charge in [0.25, 0.3) is 0 Å². The summed E-state index contributed by atoms with van der Waals surface area (Å²) in [7, 11) is 1.46. The molecule has 0 aliphatic rings. The molecule has 106 valence electrons. The van der Waals surface area contributed by atoms with E-state index in [4.69, 9.17) is 0 Å². The Morgan fingerprint density at radius 3 is 1.89 bits per heavy atom. The molecule has 0 radical (unpaired) electrons. The first-order valence-corrected chi connectivity index (χ1v) is 7.37. The van der Waals surface area contributed by atoms with Crippen LogP contribution in [0.25, 0.3) is 0 Å². The van der Waals surface area contributed by atoms with Crippen molar-refractivity contribution >= 4 is 5.97 Å². The van der Waals surface area contributed by atoms with Crippen molar-refractivity contribution in [1.82, 2.24) is 0 Å². The van der Waals surface area contributed by atoms with E-state index in [1.807, 2.05) is 0 Å². The van der Waals surface area contributed by atoms with Crippen molar-refractivity contribution in [3.63, 3.8) is 0 Å². The van der Waals surface area contributed by atoms with E-state index in [2.05, 4.69) is 24.7 Å². The van der Waals surface area contributed by atoms with Gasteiger partial charge in [-0.05, 0) is 33.1 Å². The highest BCUT2D eigenvalue weighted by atomic mass is 16.5. The maximum absolute atomic E-state index is 10.9. The minimum Gasteiger partial charge on any atom is -0.469 e. The van der Waals surface area contributed by atoms with Gasteiger partial charge in [-0.1, -0.05) is 50.2 Å². The van der Waals surface area contributed by atoms with Crippen LogP contribution < -0.4 is 0 Å². The summed E-state index contributed by atoms with van der Waals surface area (Å²) < 4.78 is 4.61. The summed E-state index contributed by atoms with van der Waals surface area (Å²) in [5.74, 6) is -0.0747. The molecule has 0 rings (SSSR count). The number of hydrogen-bond donors (Lipinski definition) is 0. The topological polar surface area (TPSA) is 26.3 Å². The van der Waals surface area contributed by atoms with Crippen LogP contribution in [0, 0.1) is 0 Å². The molecule has 0 atom stereocenters. The van der Waals surface area contributed by atoms with Gasteiger partial charge in [0.05, 0.1) is 7.11 Å². The van der Waals surface area contributed by atoms with Gasteiger partial charge in [0.15, 0.2) is 0 Å². The van der Waals surface area contributed by atoms with Crippen molar-refractivity contribution in [3.05, 3.63) is 11.6 Å². The van der Waals surface area contributed by atoms with Gasteiger partial charge in [-0.15, -0.1) is 0 Å². The molecule has 18 heavy (non-hydrogen) atoms. The zero-order valence-electron chi connectivity index (χ0n) is 12.5. The molecule has 0 unspecified atom stereocenters. The molecule has 0 aromatic heterocycles. The molecular weight excluding hydrogens is 224 g/mol. The van der Waals surface area contributed by atoms with Crippen molar-refractivity contribution in [1.29, 1.82) is 0 Å². The van der Waals surface area contributed by atoms with Gasteiger partial charge in [-0.25, -0.2) is 0 Å². The number of carbonyl (C=O) groups excluding carboxylic acids is 1. The number of allylic oxidation sites excluding steroid dienone is 2. The van der Waals surface area contributed by atoms with E-state index in [9.17, 15) is 4.79 Å². The Morgan fingerprint density at radius 1 is 0.889 bits per heavy atom. The fraction of sp³-hybridized carbons (Fsp3) is 0.812. The summed E-state index contributed by atoms with van der Waals surface area (Å²) in [4.78, 5) is 10.9. The summed E-state index contributed by atoms with van der Waals surface area (Å²) in [5.41, 5.74) is 1.43. The summed E-state index contributed by atoms with van der Waals surface area (Å²) in [6.45, 7) is 4.32. The van der Waals surface area contributed by atoms with Crippen LogP contribution in [-0.2, 0) is 9.53 Å². The van der Waals surface area contributed by atoms with E-state index in [1.54, 1.807) is 0 Å². The second kappa shape index (κ2) is 12.7. The normalized spacial score (nSPS) is 10.2. The Bertz CT molecular complexity index is 227. The zero-order valence-corrected chi connectivity index (χ0v) is 12.5. The second-order valence-electron chi connectivity index (χ2n) is 5.22. The van der Waals surface area contributed by atoms with E-state index < -0.39 is 0 Å². The Morgan fingerprint density at radius 2 is 1.39 bits per heavy atom. The van der Waals surface area contributed by atoms with E-state index in [0.29, 0.717) is 6.42 Å². The van der Waals surface area contributed by atoms with Gasteiger partial charge in [0.1, 0.15) is 0 Å². The highest BCUT2D eigenvalue weighted by Gasteiger charge is 1.98. The van der Waals surface area contributed by atoms with E-state index >= 15 is 0 Å². The molecular formula is C16H30O2. The van der Waals surface area contributed by atoms with Gasteiger partial charge in [-0.2, -0.15) is 0 Å². The Kier molecular flexibility index (Phi) is 12.1. The van der Waals surface area contributed by atoms with Crippen LogP contribution >= 0.6 is 0 Å². The Balaban J connectivity index is 3.08. The van der Waals surface area contributed by atoms with E-state index in [1.165, 1.54) is 57.6 Å². The monoisotopic (exact) mass is 254 g/mol. The number of rotatable bonds is 11. The molecule has 0 saturated heterocycles. The third-order valence-corrected chi connectivity index (χ3v) is 3.12. The van der Waals surface area contributed by atoms with Crippen LogP contribution in [0.4, 0.5) is 0 Å². The van der Waals surface area contributed by atoms with Crippen LogP contribution in [0.3, 0.4) is 0 Å². The molecule has 0 aromatic rings. The average Bonchev–Trinajstić information content (AvgIpc) is 2.35. The second-order valence-corrected chi connectivity index (χ2v) is 5.22. The lowest BCUT2D eigenvalue weighted by atomic mass is 10.1. The minimum absolute atomic E-state index is 0.0747. The predicted molar refractivity (Wildman–Crippen MR) is 77.6 cm³/mol. The third kappa shape index (κ3) is 13.3. The molecule has 2 heteroatoms. The summed E-state index contributed by atoms with van der Waals surface area (Å²) in [6.07, 6.45) is 14.2. The van der Waals surface area contributed by atoms with Crippen molar-refractivity contribution in [2.24, 2.45) is 0 Å². The lowest BCUT2D eigenvalue weighted by Crippen LogP contribution is -1.99. The van der Waals surface area contributed by atoms with Crippen LogP contribution in [0.15, 0.2) is 11.6 Å². The van der Waals surface area contributed by atoms with Crippen molar-refractivity contribution < 1.29 is 9.53 Å². The maximum atomic E-state index is 10.9. The van der Waals surface area contributed by atoms with Crippen molar-refractivity contribution in [2.75, 3.05) is 7.11 Å². The SMILES string of the molecule is COC(=O)CCCCCCCCCCC=C(C)C.